The van der Waals surface area contributed by atoms with E-state index >= 15 is 0 Å². The van der Waals surface area contributed by atoms with Gasteiger partial charge in [0.2, 0.25) is 0 Å². The van der Waals surface area contributed by atoms with Crippen LogP contribution in [0.4, 0.5) is 4.39 Å². The van der Waals surface area contributed by atoms with Gasteiger partial charge in [0.25, 0.3) is 0 Å². The summed E-state index contributed by atoms with van der Waals surface area (Å²) in [4.78, 5) is 0. The number of hydrogen-bond donors (Lipinski definition) is 1. The molecule has 1 aromatic carbocycles. The quantitative estimate of drug-likeness (QED) is 0.863. The second-order valence-corrected chi connectivity index (χ2v) is 5.19. The molecule has 2 rings (SSSR count). The molecule has 1 unspecified atom stereocenters. The molecule has 0 spiro atoms. The Bertz CT molecular complexity index is 359. The third-order valence-corrected chi connectivity index (χ3v) is 3.72. The van der Waals surface area contributed by atoms with Crippen LogP contribution < -0.4 is 5.32 Å². The lowest BCUT2D eigenvalue weighted by atomic mass is 10.0. The van der Waals surface area contributed by atoms with Crippen molar-refractivity contribution in [2.45, 2.75) is 44.6 Å². The molecular formula is C14H19ClFN. The normalized spacial score (nSPS) is 21.2. The molecule has 1 fully saturated rings. The highest BCUT2D eigenvalue weighted by atomic mass is 35.5. The number of nitrogens with one attached hydrogen (secondary N) is 1. The Morgan fingerprint density at radius 2 is 2.18 bits per heavy atom. The van der Waals surface area contributed by atoms with Gasteiger partial charge in [-0.2, -0.15) is 0 Å². The van der Waals surface area contributed by atoms with Crippen molar-refractivity contribution in [2.75, 3.05) is 6.54 Å². The highest BCUT2D eigenvalue weighted by Crippen LogP contribution is 2.19. The minimum Gasteiger partial charge on any atom is -0.314 e. The van der Waals surface area contributed by atoms with Crippen molar-refractivity contribution in [3.8, 4) is 0 Å². The van der Waals surface area contributed by atoms with Crippen molar-refractivity contribution < 1.29 is 4.39 Å². The van der Waals surface area contributed by atoms with Gasteiger partial charge in [-0.25, -0.2) is 4.39 Å². The minimum absolute atomic E-state index is 0.233. The van der Waals surface area contributed by atoms with Crippen LogP contribution in [0.2, 0.25) is 5.02 Å². The van der Waals surface area contributed by atoms with E-state index in [9.17, 15) is 4.39 Å². The maximum absolute atomic E-state index is 13.0. The number of hydrogen-bond acceptors (Lipinski definition) is 1. The molecule has 0 aliphatic carbocycles. The van der Waals surface area contributed by atoms with Gasteiger partial charge in [-0.05, 0) is 49.9 Å². The van der Waals surface area contributed by atoms with Crippen molar-refractivity contribution in [1.82, 2.24) is 5.32 Å². The summed E-state index contributed by atoms with van der Waals surface area (Å²) in [6, 6.07) is 5.64. The molecule has 1 heterocycles. The Morgan fingerprint density at radius 1 is 1.29 bits per heavy atom. The predicted molar refractivity (Wildman–Crippen MR) is 70.0 cm³/mol. The SMILES string of the molecule is Fc1ccc(CCC2CCCCCN2)cc1Cl. The van der Waals surface area contributed by atoms with E-state index in [4.69, 9.17) is 11.6 Å². The summed E-state index contributed by atoms with van der Waals surface area (Å²) in [7, 11) is 0. The molecule has 1 aliphatic heterocycles. The van der Waals surface area contributed by atoms with Gasteiger partial charge in [0.1, 0.15) is 5.82 Å². The van der Waals surface area contributed by atoms with Crippen LogP contribution in [0, 0.1) is 5.82 Å². The van der Waals surface area contributed by atoms with E-state index < -0.39 is 0 Å². The first-order valence-corrected chi connectivity index (χ1v) is 6.81. The van der Waals surface area contributed by atoms with Crippen molar-refractivity contribution in [3.05, 3.63) is 34.6 Å². The van der Waals surface area contributed by atoms with Crippen LogP contribution in [0.5, 0.6) is 0 Å². The average molecular weight is 256 g/mol. The highest BCUT2D eigenvalue weighted by molar-refractivity contribution is 6.30. The molecule has 1 nitrogen and oxygen atoms in total. The van der Waals surface area contributed by atoms with Gasteiger partial charge in [0.05, 0.1) is 5.02 Å². The predicted octanol–water partition coefficient (Wildman–Crippen LogP) is 3.94. The van der Waals surface area contributed by atoms with Gasteiger partial charge in [-0.15, -0.1) is 0 Å². The fraction of sp³-hybridized carbons (Fsp3) is 0.571. The first-order chi connectivity index (χ1) is 8.25. The van der Waals surface area contributed by atoms with E-state index in [1.165, 1.54) is 31.7 Å². The molecule has 94 valence electrons. The molecule has 0 radical (unpaired) electrons. The molecule has 3 heteroatoms. The Labute approximate surface area is 107 Å². The van der Waals surface area contributed by atoms with Gasteiger partial charge in [0, 0.05) is 6.04 Å². The molecule has 1 N–H and O–H groups in total. The van der Waals surface area contributed by atoms with Crippen molar-refractivity contribution in [3.63, 3.8) is 0 Å². The Kier molecular flexibility index (Phi) is 4.81. The van der Waals surface area contributed by atoms with E-state index in [-0.39, 0.29) is 10.8 Å². The summed E-state index contributed by atoms with van der Waals surface area (Å²) in [5.41, 5.74) is 1.13. The van der Waals surface area contributed by atoms with Crippen LogP contribution in [0.1, 0.15) is 37.7 Å². The highest BCUT2D eigenvalue weighted by Gasteiger charge is 2.11. The summed E-state index contributed by atoms with van der Waals surface area (Å²) < 4.78 is 13.0. The zero-order chi connectivity index (χ0) is 12.1. The molecule has 1 aliphatic rings. The minimum atomic E-state index is -0.331. The second-order valence-electron chi connectivity index (χ2n) is 4.79. The summed E-state index contributed by atoms with van der Waals surface area (Å²) >= 11 is 5.77. The van der Waals surface area contributed by atoms with E-state index in [0.717, 1.165) is 24.9 Å². The number of rotatable bonds is 3. The molecule has 1 saturated heterocycles. The molecule has 0 saturated carbocycles. The van der Waals surface area contributed by atoms with Gasteiger partial charge in [0.15, 0.2) is 0 Å². The lowest BCUT2D eigenvalue weighted by Crippen LogP contribution is -2.28. The fourth-order valence-electron chi connectivity index (χ4n) is 2.38. The van der Waals surface area contributed by atoms with E-state index in [2.05, 4.69) is 5.32 Å². The van der Waals surface area contributed by atoms with Gasteiger partial charge < -0.3 is 5.32 Å². The third-order valence-electron chi connectivity index (χ3n) is 3.43. The molecular weight excluding hydrogens is 237 g/mol. The Hall–Kier alpha value is -0.600. The van der Waals surface area contributed by atoms with E-state index in [1.54, 1.807) is 6.07 Å². The van der Waals surface area contributed by atoms with Crippen molar-refractivity contribution in [1.29, 1.82) is 0 Å². The van der Waals surface area contributed by atoms with E-state index in [0.29, 0.717) is 6.04 Å². The summed E-state index contributed by atoms with van der Waals surface area (Å²) in [5.74, 6) is -0.331. The lowest BCUT2D eigenvalue weighted by molar-refractivity contribution is 0.478. The van der Waals surface area contributed by atoms with Crippen LogP contribution in [-0.2, 0) is 6.42 Å². The van der Waals surface area contributed by atoms with Gasteiger partial charge in [-0.3, -0.25) is 0 Å². The monoisotopic (exact) mass is 255 g/mol. The maximum Gasteiger partial charge on any atom is 0.141 e. The largest absolute Gasteiger partial charge is 0.314 e. The molecule has 0 amide bonds. The summed E-state index contributed by atoms with van der Waals surface area (Å²) in [6.07, 6.45) is 7.29. The first kappa shape index (κ1) is 12.8. The topological polar surface area (TPSA) is 12.0 Å². The van der Waals surface area contributed by atoms with Crippen molar-refractivity contribution >= 4 is 11.6 Å². The lowest BCUT2D eigenvalue weighted by Gasteiger charge is -2.15. The van der Waals surface area contributed by atoms with Crippen molar-refractivity contribution in [2.24, 2.45) is 0 Å². The zero-order valence-corrected chi connectivity index (χ0v) is 10.8. The molecule has 0 aromatic heterocycles. The standard InChI is InChI=1S/C14H19ClFN/c15-13-10-11(6-8-14(13)16)5-7-12-4-2-1-3-9-17-12/h6,8,10,12,17H,1-5,7,9H2. The number of halogens is 2. The van der Waals surface area contributed by atoms with Crippen LogP contribution in [0.3, 0.4) is 0 Å². The second kappa shape index (κ2) is 6.36. The van der Waals surface area contributed by atoms with Crippen LogP contribution >= 0.6 is 11.6 Å². The fourth-order valence-corrected chi connectivity index (χ4v) is 2.59. The zero-order valence-electron chi connectivity index (χ0n) is 10.0. The van der Waals surface area contributed by atoms with Crippen LogP contribution in [0.15, 0.2) is 18.2 Å². The van der Waals surface area contributed by atoms with Crippen LogP contribution in [-0.4, -0.2) is 12.6 Å². The smallest absolute Gasteiger partial charge is 0.141 e. The maximum atomic E-state index is 13.0. The number of aryl methyl sites for hydroxylation is 1. The molecule has 0 bridgehead atoms. The summed E-state index contributed by atoms with van der Waals surface area (Å²) in [5, 5.41) is 3.80. The van der Waals surface area contributed by atoms with Crippen LogP contribution in [0.25, 0.3) is 0 Å². The summed E-state index contributed by atoms with van der Waals surface area (Å²) in [6.45, 7) is 1.13. The molecule has 1 atom stereocenters. The van der Waals surface area contributed by atoms with Gasteiger partial charge in [-0.1, -0.05) is 30.5 Å². The molecule has 1 aromatic rings. The Morgan fingerprint density at radius 3 is 3.00 bits per heavy atom. The first-order valence-electron chi connectivity index (χ1n) is 6.43. The van der Waals surface area contributed by atoms with E-state index in [1.807, 2.05) is 6.07 Å². The average Bonchev–Trinajstić information content (AvgIpc) is 2.59. The third kappa shape index (κ3) is 3.97. The number of benzene rings is 1. The Balaban J connectivity index is 1.85. The van der Waals surface area contributed by atoms with Gasteiger partial charge >= 0.3 is 0 Å². The molecule has 17 heavy (non-hydrogen) atoms.